The van der Waals surface area contributed by atoms with Crippen LogP contribution in [0.2, 0.25) is 0 Å². The molecule has 0 unspecified atom stereocenters. The van der Waals surface area contributed by atoms with Crippen LogP contribution in [0.5, 0.6) is 5.75 Å². The fraction of sp³-hybridized carbons (Fsp3) is 0.536. The van der Waals surface area contributed by atoms with Crippen LogP contribution in [-0.2, 0) is 14.8 Å². The van der Waals surface area contributed by atoms with Crippen LogP contribution in [0.25, 0.3) is 0 Å². The van der Waals surface area contributed by atoms with E-state index in [1.165, 1.54) is 18.2 Å². The molecule has 38 heavy (non-hydrogen) atoms. The molecule has 3 N–H and O–H groups in total. The minimum absolute atomic E-state index is 0.0219. The molecule has 1 aliphatic heterocycles. The van der Waals surface area contributed by atoms with Crippen LogP contribution in [0.15, 0.2) is 53.4 Å². The van der Waals surface area contributed by atoms with Gasteiger partial charge in [0, 0.05) is 31.3 Å². The van der Waals surface area contributed by atoms with Crippen molar-refractivity contribution in [1.29, 1.82) is 0 Å². The van der Waals surface area contributed by atoms with E-state index in [0.717, 1.165) is 19.3 Å². The highest BCUT2D eigenvalue weighted by Gasteiger charge is 2.30. The molecule has 9 nitrogen and oxygen atoms in total. The standard InChI is InChI=1S/C28H41N3O6S/c1-20-18-31(21(2)19-32)28(33)25-16-23(30-38(34,35)24-11-6-5-7-12-24)13-14-26(25)37-22(3)10-8-9-15-36-27(20)17-29-4/h5-7,11-14,16,20-22,27,29-30,32H,8-10,15,17-19H2,1-4H3/t20-,21+,22-,27+/m0/s1. The van der Waals surface area contributed by atoms with Crippen molar-refractivity contribution < 1.29 is 27.8 Å². The first-order chi connectivity index (χ1) is 18.2. The second-order valence-electron chi connectivity index (χ2n) is 9.99. The quantitative estimate of drug-likeness (QED) is 0.486. The number of likely N-dealkylation sites (N-methyl/N-ethyl adjacent to an activating group) is 1. The average Bonchev–Trinajstić information content (AvgIpc) is 2.90. The number of hydrogen-bond acceptors (Lipinski definition) is 7. The molecule has 0 saturated heterocycles. The average molecular weight is 548 g/mol. The highest BCUT2D eigenvalue weighted by molar-refractivity contribution is 7.92. The second kappa shape index (κ2) is 13.9. The topological polar surface area (TPSA) is 117 Å². The van der Waals surface area contributed by atoms with Crippen molar-refractivity contribution in [3.63, 3.8) is 0 Å². The summed E-state index contributed by atoms with van der Waals surface area (Å²) < 4.78 is 40.8. The normalized spacial score (nSPS) is 22.6. The lowest BCUT2D eigenvalue weighted by Crippen LogP contribution is -2.47. The van der Waals surface area contributed by atoms with Crippen molar-refractivity contribution in [2.24, 2.45) is 5.92 Å². The number of fused-ring (bicyclic) bond motifs is 1. The first-order valence-electron chi connectivity index (χ1n) is 13.2. The van der Waals surface area contributed by atoms with E-state index >= 15 is 0 Å². The third-order valence-corrected chi connectivity index (χ3v) is 8.16. The predicted octanol–water partition coefficient (Wildman–Crippen LogP) is 3.50. The molecule has 1 heterocycles. The molecule has 2 aromatic rings. The van der Waals surface area contributed by atoms with Gasteiger partial charge in [0.1, 0.15) is 5.75 Å². The molecule has 3 rings (SSSR count). The smallest absolute Gasteiger partial charge is 0.261 e. The molecular weight excluding hydrogens is 506 g/mol. The zero-order chi connectivity index (χ0) is 27.7. The lowest BCUT2D eigenvalue weighted by molar-refractivity contribution is -0.000450. The third-order valence-electron chi connectivity index (χ3n) is 6.76. The molecule has 210 valence electrons. The van der Waals surface area contributed by atoms with E-state index in [0.29, 0.717) is 25.4 Å². The maximum Gasteiger partial charge on any atom is 0.261 e. The summed E-state index contributed by atoms with van der Waals surface area (Å²) in [4.78, 5) is 15.7. The molecular formula is C28H41N3O6S. The number of benzene rings is 2. The lowest BCUT2D eigenvalue weighted by atomic mass is 10.0. The van der Waals surface area contributed by atoms with Gasteiger partial charge in [-0.1, -0.05) is 25.1 Å². The number of rotatable bonds is 7. The van der Waals surface area contributed by atoms with Gasteiger partial charge in [-0.25, -0.2) is 8.42 Å². The van der Waals surface area contributed by atoms with E-state index < -0.39 is 16.1 Å². The molecule has 10 heteroatoms. The van der Waals surface area contributed by atoms with Crippen molar-refractivity contribution in [3.05, 3.63) is 54.1 Å². The summed E-state index contributed by atoms with van der Waals surface area (Å²) in [7, 11) is -1.98. The van der Waals surface area contributed by atoms with E-state index in [4.69, 9.17) is 9.47 Å². The zero-order valence-electron chi connectivity index (χ0n) is 22.7. The Labute approximate surface area is 226 Å². The van der Waals surface area contributed by atoms with Crippen molar-refractivity contribution >= 4 is 21.6 Å². The van der Waals surface area contributed by atoms with Gasteiger partial charge in [-0.15, -0.1) is 0 Å². The number of carbonyl (C=O) groups excluding carboxylic acids is 1. The minimum atomic E-state index is -3.85. The van der Waals surface area contributed by atoms with Gasteiger partial charge in [-0.2, -0.15) is 0 Å². The Balaban J connectivity index is 2.02. The molecule has 0 fully saturated rings. The highest BCUT2D eigenvalue weighted by atomic mass is 32.2. The Morgan fingerprint density at radius 1 is 1.13 bits per heavy atom. The third kappa shape index (κ3) is 7.92. The molecule has 0 aliphatic carbocycles. The van der Waals surface area contributed by atoms with E-state index in [2.05, 4.69) is 10.0 Å². The molecule has 0 radical (unpaired) electrons. The summed E-state index contributed by atoms with van der Waals surface area (Å²) >= 11 is 0. The molecule has 2 aromatic carbocycles. The number of amides is 1. The van der Waals surface area contributed by atoms with Crippen LogP contribution in [0, 0.1) is 5.92 Å². The van der Waals surface area contributed by atoms with Crippen molar-refractivity contribution in [2.75, 3.05) is 38.1 Å². The number of ether oxygens (including phenoxy) is 2. The number of nitrogens with one attached hydrogen (secondary N) is 2. The SMILES string of the molecule is CNC[C@H]1OCCCC[C@H](C)Oc2ccc(NS(=O)(=O)c3ccccc3)cc2C(=O)N([C@H](C)CO)C[C@@H]1C. The summed E-state index contributed by atoms with van der Waals surface area (Å²) in [5.41, 5.74) is 0.486. The predicted molar refractivity (Wildman–Crippen MR) is 148 cm³/mol. The summed E-state index contributed by atoms with van der Waals surface area (Å²) in [6.45, 7) is 7.15. The van der Waals surface area contributed by atoms with Crippen LogP contribution >= 0.6 is 0 Å². The Morgan fingerprint density at radius 2 is 1.87 bits per heavy atom. The number of hydrogen-bond donors (Lipinski definition) is 3. The Kier molecular flexibility index (Phi) is 11.0. The van der Waals surface area contributed by atoms with Crippen LogP contribution in [0.1, 0.15) is 50.4 Å². The monoisotopic (exact) mass is 547 g/mol. The van der Waals surface area contributed by atoms with E-state index in [9.17, 15) is 18.3 Å². The van der Waals surface area contributed by atoms with Crippen LogP contribution in [0.4, 0.5) is 5.69 Å². The Morgan fingerprint density at radius 3 is 2.55 bits per heavy atom. The number of aliphatic hydroxyl groups is 1. The van der Waals surface area contributed by atoms with Gasteiger partial charge < -0.3 is 24.8 Å². The van der Waals surface area contributed by atoms with Gasteiger partial charge in [0.2, 0.25) is 0 Å². The first kappa shape index (κ1) is 29.9. The molecule has 0 aromatic heterocycles. The van der Waals surface area contributed by atoms with Gasteiger partial charge in [-0.05, 0) is 70.5 Å². The van der Waals surface area contributed by atoms with E-state index in [1.54, 1.807) is 42.2 Å². The van der Waals surface area contributed by atoms with Crippen LogP contribution < -0.4 is 14.8 Å². The number of sulfonamides is 1. The van der Waals surface area contributed by atoms with Crippen LogP contribution in [-0.4, -0.2) is 75.9 Å². The maximum atomic E-state index is 14.0. The molecule has 1 aliphatic rings. The first-order valence-corrected chi connectivity index (χ1v) is 14.7. The fourth-order valence-corrected chi connectivity index (χ4v) is 5.56. The molecule has 1 amide bonds. The van der Waals surface area contributed by atoms with Gasteiger partial charge in [0.25, 0.3) is 15.9 Å². The Hall–Kier alpha value is -2.66. The number of anilines is 1. The van der Waals surface area contributed by atoms with Crippen molar-refractivity contribution in [3.8, 4) is 5.75 Å². The van der Waals surface area contributed by atoms with Gasteiger partial charge in [0.15, 0.2) is 0 Å². The molecule has 4 atom stereocenters. The van der Waals surface area contributed by atoms with E-state index in [1.807, 2.05) is 20.9 Å². The van der Waals surface area contributed by atoms with Gasteiger partial charge in [-0.3, -0.25) is 9.52 Å². The molecule has 0 spiro atoms. The largest absolute Gasteiger partial charge is 0.490 e. The summed E-state index contributed by atoms with van der Waals surface area (Å²) in [6.07, 6.45) is 2.31. The highest BCUT2D eigenvalue weighted by Crippen LogP contribution is 2.29. The number of nitrogens with zero attached hydrogens (tertiary/aromatic N) is 1. The zero-order valence-corrected chi connectivity index (χ0v) is 23.5. The minimum Gasteiger partial charge on any atom is -0.490 e. The van der Waals surface area contributed by atoms with E-state index in [-0.39, 0.29) is 46.8 Å². The van der Waals surface area contributed by atoms with Gasteiger partial charge in [0.05, 0.1) is 35.3 Å². The van der Waals surface area contributed by atoms with Crippen molar-refractivity contribution in [1.82, 2.24) is 10.2 Å². The number of aliphatic hydroxyl groups excluding tert-OH is 1. The van der Waals surface area contributed by atoms with Gasteiger partial charge >= 0.3 is 0 Å². The number of carbonyl (C=O) groups is 1. The summed E-state index contributed by atoms with van der Waals surface area (Å²) in [6, 6.07) is 12.3. The Bertz CT molecular complexity index is 1140. The second-order valence-corrected chi connectivity index (χ2v) is 11.7. The van der Waals surface area contributed by atoms with Crippen molar-refractivity contribution in [2.45, 2.75) is 63.2 Å². The summed E-state index contributed by atoms with van der Waals surface area (Å²) in [5, 5.41) is 13.2. The molecule has 0 bridgehead atoms. The fourth-order valence-electron chi connectivity index (χ4n) is 4.49. The lowest BCUT2D eigenvalue weighted by Gasteiger charge is -2.34. The maximum absolute atomic E-state index is 14.0. The van der Waals surface area contributed by atoms with Crippen LogP contribution in [0.3, 0.4) is 0 Å². The molecule has 0 saturated carbocycles. The summed E-state index contributed by atoms with van der Waals surface area (Å²) in [5.74, 6) is 0.0149.